The van der Waals surface area contributed by atoms with Crippen molar-refractivity contribution in [2.45, 2.75) is 13.0 Å². The van der Waals surface area contributed by atoms with E-state index < -0.39 is 6.10 Å². The Balaban J connectivity index is 2.72. The number of nitrogens with one attached hydrogen (secondary N) is 1. The first-order valence-electron chi connectivity index (χ1n) is 4.59. The van der Waals surface area contributed by atoms with Crippen LogP contribution in [-0.2, 0) is 0 Å². The Morgan fingerprint density at radius 3 is 3.07 bits per heavy atom. The molecule has 1 atom stereocenters. The zero-order valence-electron chi connectivity index (χ0n) is 8.73. The van der Waals surface area contributed by atoms with E-state index in [9.17, 15) is 4.79 Å². The number of carbonyl (C=O) groups is 1. The van der Waals surface area contributed by atoms with E-state index in [0.717, 1.165) is 0 Å². The number of amides is 1. The van der Waals surface area contributed by atoms with Crippen LogP contribution in [0.1, 0.15) is 17.3 Å². The molecule has 2 N–H and O–H groups in total. The molecule has 0 radical (unpaired) electrons. The van der Waals surface area contributed by atoms with Crippen molar-refractivity contribution in [2.24, 2.45) is 0 Å². The summed E-state index contributed by atoms with van der Waals surface area (Å²) in [5.41, 5.74) is 0.410. The third kappa shape index (κ3) is 3.21. The highest BCUT2D eigenvalue weighted by Crippen LogP contribution is 2.14. The zero-order chi connectivity index (χ0) is 11.3. The molecule has 1 aromatic rings. The lowest BCUT2D eigenvalue weighted by Crippen LogP contribution is -2.30. The SMILES string of the molecule is COc1cnccc1C(=O)NC[C@H](C)O. The summed E-state index contributed by atoms with van der Waals surface area (Å²) in [5.74, 6) is 0.135. The monoisotopic (exact) mass is 210 g/mol. The van der Waals surface area contributed by atoms with Crippen LogP contribution in [-0.4, -0.2) is 35.8 Å². The fraction of sp³-hybridized carbons (Fsp3) is 0.400. The predicted octanol–water partition coefficient (Wildman–Crippen LogP) is 0.201. The van der Waals surface area contributed by atoms with E-state index in [4.69, 9.17) is 9.84 Å². The van der Waals surface area contributed by atoms with Crippen LogP contribution >= 0.6 is 0 Å². The molecule has 0 aromatic carbocycles. The van der Waals surface area contributed by atoms with Crippen LogP contribution < -0.4 is 10.1 Å². The molecule has 1 rings (SSSR count). The van der Waals surface area contributed by atoms with Crippen LogP contribution in [0.4, 0.5) is 0 Å². The van der Waals surface area contributed by atoms with Gasteiger partial charge >= 0.3 is 0 Å². The van der Waals surface area contributed by atoms with Crippen molar-refractivity contribution in [3.05, 3.63) is 24.0 Å². The Kier molecular flexibility index (Phi) is 4.05. The molecule has 0 saturated carbocycles. The van der Waals surface area contributed by atoms with Crippen LogP contribution in [0.5, 0.6) is 5.75 Å². The van der Waals surface area contributed by atoms with E-state index in [-0.39, 0.29) is 12.5 Å². The number of carbonyl (C=O) groups excluding carboxylic acids is 1. The van der Waals surface area contributed by atoms with E-state index >= 15 is 0 Å². The molecule has 15 heavy (non-hydrogen) atoms. The van der Waals surface area contributed by atoms with Gasteiger partial charge < -0.3 is 15.2 Å². The van der Waals surface area contributed by atoms with Gasteiger partial charge in [0, 0.05) is 12.7 Å². The van der Waals surface area contributed by atoms with E-state index in [1.165, 1.54) is 19.5 Å². The fourth-order valence-electron chi connectivity index (χ4n) is 1.07. The van der Waals surface area contributed by atoms with Crippen LogP contribution in [0.3, 0.4) is 0 Å². The number of nitrogens with zero attached hydrogens (tertiary/aromatic N) is 1. The Hall–Kier alpha value is -1.62. The van der Waals surface area contributed by atoms with Crippen LogP contribution in [0, 0.1) is 0 Å². The maximum atomic E-state index is 11.6. The number of hydrogen-bond acceptors (Lipinski definition) is 4. The minimum Gasteiger partial charge on any atom is -0.494 e. The number of hydrogen-bond donors (Lipinski definition) is 2. The summed E-state index contributed by atoms with van der Waals surface area (Å²) >= 11 is 0. The number of aromatic nitrogens is 1. The van der Waals surface area contributed by atoms with Crippen LogP contribution in [0.15, 0.2) is 18.5 Å². The molecule has 0 bridgehead atoms. The first kappa shape index (κ1) is 11.5. The van der Waals surface area contributed by atoms with E-state index in [0.29, 0.717) is 11.3 Å². The van der Waals surface area contributed by atoms with Gasteiger partial charge in [0.25, 0.3) is 5.91 Å². The highest BCUT2D eigenvalue weighted by Gasteiger charge is 2.11. The molecule has 1 amide bonds. The first-order valence-corrected chi connectivity index (χ1v) is 4.59. The van der Waals surface area contributed by atoms with Crippen molar-refractivity contribution in [1.29, 1.82) is 0 Å². The number of aliphatic hydroxyl groups is 1. The van der Waals surface area contributed by atoms with Gasteiger partial charge in [0.2, 0.25) is 0 Å². The summed E-state index contributed by atoms with van der Waals surface area (Å²) in [6.07, 6.45) is 2.42. The summed E-state index contributed by atoms with van der Waals surface area (Å²) in [5, 5.41) is 11.6. The van der Waals surface area contributed by atoms with Crippen molar-refractivity contribution in [1.82, 2.24) is 10.3 Å². The third-order valence-electron chi connectivity index (χ3n) is 1.81. The predicted molar refractivity (Wildman–Crippen MR) is 54.8 cm³/mol. The molecule has 1 aromatic heterocycles. The molecule has 0 saturated heterocycles. The smallest absolute Gasteiger partial charge is 0.255 e. The maximum Gasteiger partial charge on any atom is 0.255 e. The van der Waals surface area contributed by atoms with Crippen LogP contribution in [0.25, 0.3) is 0 Å². The van der Waals surface area contributed by atoms with Gasteiger partial charge in [-0.15, -0.1) is 0 Å². The number of pyridine rings is 1. The Labute approximate surface area is 88.1 Å². The number of rotatable bonds is 4. The molecule has 0 spiro atoms. The summed E-state index contributed by atoms with van der Waals surface area (Å²) in [6, 6.07) is 1.57. The van der Waals surface area contributed by atoms with E-state index in [2.05, 4.69) is 10.3 Å². The van der Waals surface area contributed by atoms with Gasteiger partial charge in [-0.25, -0.2) is 0 Å². The molecule has 0 aliphatic rings. The van der Waals surface area contributed by atoms with E-state index in [1.54, 1.807) is 13.0 Å². The molecule has 5 heteroatoms. The lowest BCUT2D eigenvalue weighted by molar-refractivity contribution is 0.0921. The summed E-state index contributed by atoms with van der Waals surface area (Å²) in [7, 11) is 1.47. The first-order chi connectivity index (χ1) is 7.15. The average molecular weight is 210 g/mol. The molecule has 0 aliphatic carbocycles. The second-order valence-corrected chi connectivity index (χ2v) is 3.14. The van der Waals surface area contributed by atoms with Gasteiger partial charge in [-0.2, -0.15) is 0 Å². The van der Waals surface area contributed by atoms with E-state index in [1.807, 2.05) is 0 Å². The second kappa shape index (κ2) is 5.31. The maximum absolute atomic E-state index is 11.6. The molecular weight excluding hydrogens is 196 g/mol. The lowest BCUT2D eigenvalue weighted by atomic mass is 10.2. The Morgan fingerprint density at radius 2 is 2.47 bits per heavy atom. The lowest BCUT2D eigenvalue weighted by Gasteiger charge is -2.09. The van der Waals surface area contributed by atoms with Gasteiger partial charge in [0.05, 0.1) is 25.0 Å². The topological polar surface area (TPSA) is 71.5 Å². The fourth-order valence-corrected chi connectivity index (χ4v) is 1.07. The molecule has 0 unspecified atom stereocenters. The highest BCUT2D eigenvalue weighted by atomic mass is 16.5. The largest absolute Gasteiger partial charge is 0.494 e. The number of methoxy groups -OCH3 is 1. The van der Waals surface area contributed by atoms with Gasteiger partial charge in [-0.3, -0.25) is 9.78 Å². The Morgan fingerprint density at radius 1 is 1.73 bits per heavy atom. The van der Waals surface area contributed by atoms with Crippen molar-refractivity contribution >= 4 is 5.91 Å². The van der Waals surface area contributed by atoms with Crippen molar-refractivity contribution in [2.75, 3.05) is 13.7 Å². The molecule has 1 heterocycles. The Bertz CT molecular complexity index is 339. The summed E-state index contributed by atoms with van der Waals surface area (Å²) < 4.78 is 4.99. The summed E-state index contributed by atoms with van der Waals surface area (Å²) in [6.45, 7) is 1.81. The quantitative estimate of drug-likeness (QED) is 0.744. The zero-order valence-corrected chi connectivity index (χ0v) is 8.73. The molecular formula is C10H14N2O3. The van der Waals surface area contributed by atoms with Gasteiger partial charge in [0.1, 0.15) is 5.75 Å². The molecule has 5 nitrogen and oxygen atoms in total. The normalized spacial score (nSPS) is 11.9. The van der Waals surface area contributed by atoms with Crippen molar-refractivity contribution in [3.63, 3.8) is 0 Å². The number of aliphatic hydroxyl groups excluding tert-OH is 1. The number of ether oxygens (including phenoxy) is 1. The van der Waals surface area contributed by atoms with Gasteiger partial charge in [-0.1, -0.05) is 0 Å². The van der Waals surface area contributed by atoms with Crippen LogP contribution in [0.2, 0.25) is 0 Å². The minimum atomic E-state index is -0.568. The molecule has 0 aliphatic heterocycles. The molecule has 82 valence electrons. The van der Waals surface area contributed by atoms with Gasteiger partial charge in [-0.05, 0) is 13.0 Å². The third-order valence-corrected chi connectivity index (χ3v) is 1.81. The summed E-state index contributed by atoms with van der Waals surface area (Å²) in [4.78, 5) is 15.4. The highest BCUT2D eigenvalue weighted by molar-refractivity contribution is 5.96. The second-order valence-electron chi connectivity index (χ2n) is 3.14. The minimum absolute atomic E-state index is 0.213. The van der Waals surface area contributed by atoms with Crippen molar-refractivity contribution in [3.8, 4) is 5.75 Å². The van der Waals surface area contributed by atoms with Crippen molar-refractivity contribution < 1.29 is 14.6 Å². The average Bonchev–Trinajstić information content (AvgIpc) is 2.25. The van der Waals surface area contributed by atoms with Gasteiger partial charge in [0.15, 0.2) is 0 Å². The molecule has 0 fully saturated rings. The standard InChI is InChI=1S/C10H14N2O3/c1-7(13)5-12-10(14)8-3-4-11-6-9(8)15-2/h3-4,6-7,13H,5H2,1-2H3,(H,12,14)/t7-/m0/s1.